The molecule has 3 N–H and O–H groups in total. The van der Waals surface area contributed by atoms with Crippen molar-refractivity contribution in [2.75, 3.05) is 11.9 Å². The summed E-state index contributed by atoms with van der Waals surface area (Å²) in [5.41, 5.74) is 4.86. The lowest BCUT2D eigenvalue weighted by Gasteiger charge is -2.38. The number of ether oxygens (including phenoxy) is 1. The van der Waals surface area contributed by atoms with Gasteiger partial charge >= 0.3 is 7.12 Å². The van der Waals surface area contributed by atoms with Crippen LogP contribution in [0.3, 0.4) is 0 Å². The second-order valence-electron chi connectivity index (χ2n) is 6.78. The number of para-hydroxylation sites is 1. The van der Waals surface area contributed by atoms with Gasteiger partial charge in [0.15, 0.2) is 0 Å². The van der Waals surface area contributed by atoms with Crippen LogP contribution in [0.2, 0.25) is 0 Å². The largest absolute Gasteiger partial charge is 0.488 e. The van der Waals surface area contributed by atoms with Crippen molar-refractivity contribution >= 4 is 18.3 Å². The van der Waals surface area contributed by atoms with Crippen LogP contribution in [-0.2, 0) is 11.3 Å². The molecule has 27 heavy (non-hydrogen) atoms. The molecule has 1 aliphatic heterocycles. The predicted molar refractivity (Wildman–Crippen MR) is 108 cm³/mol. The van der Waals surface area contributed by atoms with Gasteiger partial charge in [-0.05, 0) is 28.2 Å². The molecule has 2 atom stereocenters. The van der Waals surface area contributed by atoms with Gasteiger partial charge in [-0.3, -0.25) is 0 Å². The minimum atomic E-state index is -1.47. The third-order valence-corrected chi connectivity index (χ3v) is 5.11. The van der Waals surface area contributed by atoms with Gasteiger partial charge in [0.05, 0.1) is 12.7 Å². The van der Waals surface area contributed by atoms with E-state index in [0.29, 0.717) is 24.5 Å². The van der Waals surface area contributed by atoms with Crippen LogP contribution < -0.4 is 10.8 Å². The lowest BCUT2D eigenvalue weighted by molar-refractivity contribution is -0.0793. The summed E-state index contributed by atoms with van der Waals surface area (Å²) >= 11 is 0. The normalized spacial score (nSPS) is 18.6. The van der Waals surface area contributed by atoms with E-state index in [1.807, 2.05) is 48.5 Å². The Labute approximate surface area is 159 Å². The average Bonchev–Trinajstić information content (AvgIpc) is 2.67. The monoisotopic (exact) mass is 359 g/mol. The standard InChI is InChI=1S/C22H22BNO3/c25-23(26)20-12-6-4-10-17(20)14-24-21-13-7-5-11-18(21)19-15-27-22(19)16-8-2-1-3-9-16/h1-13,19,22,24-26H,14-15H2. The zero-order chi connectivity index (χ0) is 18.6. The summed E-state index contributed by atoms with van der Waals surface area (Å²) < 4.78 is 5.86. The van der Waals surface area contributed by atoms with Crippen molar-refractivity contribution in [3.63, 3.8) is 0 Å². The Morgan fingerprint density at radius 3 is 2.33 bits per heavy atom. The average molecular weight is 359 g/mol. The molecule has 0 aromatic heterocycles. The molecule has 3 aromatic rings. The van der Waals surface area contributed by atoms with E-state index in [4.69, 9.17) is 4.74 Å². The fourth-order valence-corrected chi connectivity index (χ4v) is 3.63. The molecule has 5 heteroatoms. The van der Waals surface area contributed by atoms with Crippen LogP contribution in [0.5, 0.6) is 0 Å². The maximum Gasteiger partial charge on any atom is 0.488 e. The molecule has 0 amide bonds. The second kappa shape index (κ2) is 7.97. The van der Waals surface area contributed by atoms with Gasteiger partial charge in [-0.1, -0.05) is 72.8 Å². The summed E-state index contributed by atoms with van der Waals surface area (Å²) in [4.78, 5) is 0. The first-order valence-corrected chi connectivity index (χ1v) is 9.17. The highest BCUT2D eigenvalue weighted by Gasteiger charge is 2.35. The SMILES string of the molecule is OB(O)c1ccccc1CNc1ccccc1C1COC1c1ccccc1. The van der Waals surface area contributed by atoms with Crippen LogP contribution in [0.1, 0.15) is 28.7 Å². The minimum absolute atomic E-state index is 0.0701. The molecular formula is C22H22BNO3. The molecule has 4 rings (SSSR count). The van der Waals surface area contributed by atoms with E-state index < -0.39 is 7.12 Å². The van der Waals surface area contributed by atoms with Gasteiger partial charge in [0, 0.05) is 18.2 Å². The van der Waals surface area contributed by atoms with Gasteiger partial charge in [-0.2, -0.15) is 0 Å². The van der Waals surface area contributed by atoms with Crippen molar-refractivity contribution in [3.8, 4) is 0 Å². The van der Waals surface area contributed by atoms with E-state index in [-0.39, 0.29) is 6.10 Å². The molecule has 0 aliphatic carbocycles. The number of hydrogen-bond acceptors (Lipinski definition) is 4. The molecule has 1 fully saturated rings. The molecule has 3 aromatic carbocycles. The third-order valence-electron chi connectivity index (χ3n) is 5.11. The van der Waals surface area contributed by atoms with Crippen molar-refractivity contribution in [2.45, 2.75) is 18.6 Å². The first-order chi connectivity index (χ1) is 13.2. The van der Waals surface area contributed by atoms with Crippen molar-refractivity contribution in [1.29, 1.82) is 0 Å². The van der Waals surface area contributed by atoms with E-state index in [0.717, 1.165) is 11.3 Å². The smallest absolute Gasteiger partial charge is 0.423 e. The number of rotatable bonds is 6. The summed E-state index contributed by atoms with van der Waals surface area (Å²) in [6, 6.07) is 25.9. The van der Waals surface area contributed by atoms with Crippen LogP contribution in [0.15, 0.2) is 78.9 Å². The lowest BCUT2D eigenvalue weighted by atomic mass is 9.77. The number of anilines is 1. The summed E-state index contributed by atoms with van der Waals surface area (Å²) in [5.74, 6) is 0.301. The first-order valence-electron chi connectivity index (χ1n) is 9.17. The van der Waals surface area contributed by atoms with Crippen LogP contribution in [0.25, 0.3) is 0 Å². The van der Waals surface area contributed by atoms with E-state index >= 15 is 0 Å². The van der Waals surface area contributed by atoms with E-state index in [9.17, 15) is 10.0 Å². The molecule has 136 valence electrons. The summed E-state index contributed by atoms with van der Waals surface area (Å²) in [6.45, 7) is 1.22. The van der Waals surface area contributed by atoms with E-state index in [2.05, 4.69) is 29.6 Å². The van der Waals surface area contributed by atoms with E-state index in [1.165, 1.54) is 11.1 Å². The molecule has 0 bridgehead atoms. The Kier molecular flexibility index (Phi) is 5.25. The van der Waals surface area contributed by atoms with Crippen LogP contribution in [0, 0.1) is 0 Å². The van der Waals surface area contributed by atoms with E-state index in [1.54, 1.807) is 6.07 Å². The Balaban J connectivity index is 1.54. The predicted octanol–water partition coefficient (Wildman–Crippen LogP) is 2.83. The van der Waals surface area contributed by atoms with Crippen molar-refractivity contribution in [1.82, 2.24) is 0 Å². The van der Waals surface area contributed by atoms with Gasteiger partial charge in [0.1, 0.15) is 0 Å². The maximum atomic E-state index is 9.56. The van der Waals surface area contributed by atoms with Crippen molar-refractivity contribution < 1.29 is 14.8 Å². The summed E-state index contributed by atoms with van der Waals surface area (Å²) in [5, 5.41) is 22.6. The van der Waals surface area contributed by atoms with Gasteiger partial charge in [0.25, 0.3) is 0 Å². The highest BCUT2D eigenvalue weighted by Crippen LogP contribution is 2.44. The Morgan fingerprint density at radius 2 is 1.59 bits per heavy atom. The maximum absolute atomic E-state index is 9.56. The second-order valence-corrected chi connectivity index (χ2v) is 6.78. The number of benzene rings is 3. The van der Waals surface area contributed by atoms with Crippen LogP contribution in [0.4, 0.5) is 5.69 Å². The molecule has 4 nitrogen and oxygen atoms in total. The fraction of sp³-hybridized carbons (Fsp3) is 0.182. The molecule has 1 saturated heterocycles. The Hall–Kier alpha value is -2.60. The van der Waals surface area contributed by atoms with Gasteiger partial charge < -0.3 is 20.1 Å². The number of nitrogens with one attached hydrogen (secondary N) is 1. The molecule has 1 heterocycles. The van der Waals surface area contributed by atoms with Crippen LogP contribution in [-0.4, -0.2) is 23.8 Å². The van der Waals surface area contributed by atoms with Crippen LogP contribution >= 0.6 is 0 Å². The molecule has 2 unspecified atom stereocenters. The van der Waals surface area contributed by atoms with Gasteiger partial charge in [0.2, 0.25) is 0 Å². The van der Waals surface area contributed by atoms with Crippen molar-refractivity contribution in [3.05, 3.63) is 95.6 Å². The molecular weight excluding hydrogens is 337 g/mol. The quantitative estimate of drug-likeness (QED) is 0.593. The third kappa shape index (κ3) is 3.76. The first kappa shape index (κ1) is 17.8. The zero-order valence-electron chi connectivity index (χ0n) is 15.0. The van der Waals surface area contributed by atoms with Gasteiger partial charge in [-0.15, -0.1) is 0 Å². The Morgan fingerprint density at radius 1 is 0.889 bits per heavy atom. The fourth-order valence-electron chi connectivity index (χ4n) is 3.63. The lowest BCUT2D eigenvalue weighted by Crippen LogP contribution is -2.34. The highest BCUT2D eigenvalue weighted by atomic mass is 16.5. The zero-order valence-corrected chi connectivity index (χ0v) is 15.0. The molecule has 1 aliphatic rings. The van der Waals surface area contributed by atoms with Crippen molar-refractivity contribution in [2.24, 2.45) is 0 Å². The Bertz CT molecular complexity index is 901. The summed E-state index contributed by atoms with van der Waals surface area (Å²) in [7, 11) is -1.47. The number of hydrogen-bond donors (Lipinski definition) is 3. The molecule has 0 spiro atoms. The summed E-state index contributed by atoms with van der Waals surface area (Å²) in [6.07, 6.45) is 0.0701. The molecule has 0 saturated carbocycles. The topological polar surface area (TPSA) is 61.7 Å². The highest BCUT2D eigenvalue weighted by molar-refractivity contribution is 6.59. The van der Waals surface area contributed by atoms with Gasteiger partial charge in [-0.25, -0.2) is 0 Å². The minimum Gasteiger partial charge on any atom is -0.423 e. The molecule has 0 radical (unpaired) electrons.